The van der Waals surface area contributed by atoms with Crippen molar-refractivity contribution < 1.29 is 13.2 Å². The summed E-state index contributed by atoms with van der Waals surface area (Å²) >= 11 is 0. The van der Waals surface area contributed by atoms with Crippen LogP contribution in [-0.2, 0) is 21.3 Å². The summed E-state index contributed by atoms with van der Waals surface area (Å²) in [6, 6.07) is 12.6. The number of nitrogens with zero attached hydrogens (tertiary/aromatic N) is 1. The molecule has 4 rings (SSSR count). The summed E-state index contributed by atoms with van der Waals surface area (Å²) in [7, 11) is -3.79. The van der Waals surface area contributed by atoms with Crippen molar-refractivity contribution in [3.63, 3.8) is 0 Å². The second-order valence-corrected chi connectivity index (χ2v) is 10.3. The third-order valence-corrected chi connectivity index (χ3v) is 7.80. The molecule has 0 aliphatic carbocycles. The van der Waals surface area contributed by atoms with E-state index in [1.165, 1.54) is 4.31 Å². The van der Waals surface area contributed by atoms with E-state index >= 15 is 0 Å². The maximum atomic E-state index is 13.5. The van der Waals surface area contributed by atoms with E-state index in [0.29, 0.717) is 12.2 Å². The molecule has 0 saturated carbocycles. The van der Waals surface area contributed by atoms with Gasteiger partial charge < -0.3 is 9.72 Å². The molecule has 1 aromatic heterocycles. The zero-order valence-electron chi connectivity index (χ0n) is 18.1. The van der Waals surface area contributed by atoms with Gasteiger partial charge in [-0.05, 0) is 80.5 Å². The normalized spacial score (nSPS) is 17.0. The fourth-order valence-electron chi connectivity index (χ4n) is 3.95. The first-order valence-corrected chi connectivity index (χ1v) is 12.0. The Morgan fingerprint density at radius 2 is 1.77 bits per heavy atom. The number of nitrogens with one attached hydrogen (secondary N) is 1. The number of hydrogen-bond donors (Lipinski definition) is 1. The zero-order valence-corrected chi connectivity index (χ0v) is 19.0. The molecule has 0 spiro atoms. The number of aromatic nitrogens is 1. The van der Waals surface area contributed by atoms with Gasteiger partial charge in [-0.3, -0.25) is 4.79 Å². The molecule has 0 unspecified atom stereocenters. The topological polar surface area (TPSA) is 79.5 Å². The van der Waals surface area contributed by atoms with Crippen molar-refractivity contribution in [2.24, 2.45) is 0 Å². The average molecular weight is 441 g/mol. The Hall–Kier alpha value is -2.48. The van der Waals surface area contributed by atoms with Crippen LogP contribution in [0.3, 0.4) is 0 Å². The molecule has 1 aliphatic heterocycles. The summed E-state index contributed by atoms with van der Waals surface area (Å²) in [5.41, 5.74) is 4.11. The van der Waals surface area contributed by atoms with Crippen LogP contribution in [0.4, 0.5) is 0 Å². The summed E-state index contributed by atoms with van der Waals surface area (Å²) in [6.45, 7) is 6.79. The molecule has 2 heterocycles. The summed E-state index contributed by atoms with van der Waals surface area (Å²) in [6.07, 6.45) is 1.56. The smallest absolute Gasteiger partial charge is 0.252 e. The third kappa shape index (κ3) is 4.59. The highest BCUT2D eigenvalue weighted by Crippen LogP contribution is 2.23. The van der Waals surface area contributed by atoms with Crippen molar-refractivity contribution in [2.75, 3.05) is 13.2 Å². The first-order valence-electron chi connectivity index (χ1n) is 10.6. The minimum atomic E-state index is -3.79. The zero-order chi connectivity index (χ0) is 22.2. The minimum Gasteiger partial charge on any atom is -0.377 e. The number of aromatic amines is 1. The Labute approximate surface area is 182 Å². The van der Waals surface area contributed by atoms with Gasteiger partial charge in [-0.15, -0.1) is 0 Å². The van der Waals surface area contributed by atoms with E-state index in [-0.39, 0.29) is 29.6 Å². The molecule has 3 aromatic rings. The molecular weight excluding hydrogens is 412 g/mol. The number of H-pyrrole nitrogens is 1. The molecule has 1 atom stereocenters. The van der Waals surface area contributed by atoms with Gasteiger partial charge in [0.2, 0.25) is 10.0 Å². The number of ether oxygens (including phenoxy) is 1. The largest absolute Gasteiger partial charge is 0.377 e. The molecule has 1 fully saturated rings. The summed E-state index contributed by atoms with van der Waals surface area (Å²) in [5, 5.41) is 0.891. The molecule has 1 saturated heterocycles. The highest BCUT2D eigenvalue weighted by Gasteiger charge is 2.30. The third-order valence-electron chi connectivity index (χ3n) is 5.97. The SMILES string of the molecule is Cc1ccc(S(=O)(=O)N(Cc2cc3cc(C)c(C)cc3[nH]c2=O)C[C@H]2CCCO2)cc1. The van der Waals surface area contributed by atoms with Gasteiger partial charge in [-0.1, -0.05) is 17.7 Å². The van der Waals surface area contributed by atoms with E-state index < -0.39 is 10.0 Å². The van der Waals surface area contributed by atoms with Crippen LogP contribution < -0.4 is 5.56 Å². The lowest BCUT2D eigenvalue weighted by Gasteiger charge is -2.25. The van der Waals surface area contributed by atoms with E-state index in [4.69, 9.17) is 4.74 Å². The van der Waals surface area contributed by atoms with Crippen LogP contribution >= 0.6 is 0 Å². The lowest BCUT2D eigenvalue weighted by molar-refractivity contribution is 0.0925. The number of aryl methyl sites for hydroxylation is 3. The van der Waals surface area contributed by atoms with Gasteiger partial charge in [0.15, 0.2) is 0 Å². The molecule has 1 N–H and O–H groups in total. The molecule has 2 aromatic carbocycles. The van der Waals surface area contributed by atoms with Gasteiger partial charge in [0, 0.05) is 30.8 Å². The van der Waals surface area contributed by atoms with Crippen molar-refractivity contribution in [1.82, 2.24) is 9.29 Å². The molecule has 0 radical (unpaired) electrons. The first-order chi connectivity index (χ1) is 14.7. The lowest BCUT2D eigenvalue weighted by atomic mass is 10.0. The Morgan fingerprint density at radius 3 is 2.45 bits per heavy atom. The molecule has 6 nitrogen and oxygen atoms in total. The van der Waals surface area contributed by atoms with Gasteiger partial charge in [-0.25, -0.2) is 8.42 Å². The summed E-state index contributed by atoms with van der Waals surface area (Å²) in [4.78, 5) is 15.9. The van der Waals surface area contributed by atoms with Crippen LogP contribution in [0.5, 0.6) is 0 Å². The van der Waals surface area contributed by atoms with Crippen LogP contribution in [0.1, 0.15) is 35.1 Å². The Kier molecular flexibility index (Phi) is 6.01. The van der Waals surface area contributed by atoms with Gasteiger partial charge in [0.1, 0.15) is 0 Å². The van der Waals surface area contributed by atoms with E-state index in [9.17, 15) is 13.2 Å². The maximum Gasteiger partial charge on any atom is 0.252 e. The maximum absolute atomic E-state index is 13.5. The number of pyridine rings is 1. The number of fused-ring (bicyclic) bond motifs is 1. The number of benzene rings is 2. The molecule has 0 bridgehead atoms. The molecule has 0 amide bonds. The van der Waals surface area contributed by atoms with Gasteiger partial charge >= 0.3 is 0 Å². The molecule has 31 heavy (non-hydrogen) atoms. The molecule has 1 aliphatic rings. The number of rotatable bonds is 6. The van der Waals surface area contributed by atoms with Crippen LogP contribution in [-0.4, -0.2) is 37.0 Å². The molecular formula is C24H28N2O4S. The van der Waals surface area contributed by atoms with Crippen molar-refractivity contribution in [3.8, 4) is 0 Å². The first kappa shape index (κ1) is 21.7. The van der Waals surface area contributed by atoms with E-state index in [0.717, 1.165) is 40.4 Å². The quantitative estimate of drug-likeness (QED) is 0.632. The monoisotopic (exact) mass is 440 g/mol. The number of sulfonamides is 1. The van der Waals surface area contributed by atoms with Crippen LogP contribution in [0.2, 0.25) is 0 Å². The van der Waals surface area contributed by atoms with Crippen molar-refractivity contribution in [3.05, 3.63) is 75.1 Å². The van der Waals surface area contributed by atoms with Crippen LogP contribution in [0.15, 0.2) is 52.2 Å². The van der Waals surface area contributed by atoms with Crippen LogP contribution in [0, 0.1) is 20.8 Å². The van der Waals surface area contributed by atoms with Crippen molar-refractivity contribution in [1.29, 1.82) is 0 Å². The average Bonchev–Trinajstić information content (AvgIpc) is 3.23. The van der Waals surface area contributed by atoms with E-state index in [1.807, 2.05) is 32.9 Å². The highest BCUT2D eigenvalue weighted by molar-refractivity contribution is 7.89. The second kappa shape index (κ2) is 8.57. The predicted octanol–water partition coefficient (Wildman–Crippen LogP) is 3.82. The molecule has 164 valence electrons. The van der Waals surface area contributed by atoms with Crippen molar-refractivity contribution >= 4 is 20.9 Å². The molecule has 7 heteroatoms. The van der Waals surface area contributed by atoms with Gasteiger partial charge in [0.05, 0.1) is 11.0 Å². The van der Waals surface area contributed by atoms with Gasteiger partial charge in [0.25, 0.3) is 5.56 Å². The Morgan fingerprint density at radius 1 is 1.06 bits per heavy atom. The summed E-state index contributed by atoms with van der Waals surface area (Å²) in [5.74, 6) is 0. The van der Waals surface area contributed by atoms with Crippen molar-refractivity contribution in [2.45, 2.75) is 51.2 Å². The summed E-state index contributed by atoms with van der Waals surface area (Å²) < 4.78 is 34.0. The Bertz CT molecular complexity index is 1260. The standard InChI is InChI=1S/C24H28N2O4S/c1-16-6-8-22(9-7-16)31(28,29)26(15-21-5-4-10-30-21)14-20-13-19-11-17(2)18(3)12-23(19)25-24(20)27/h6-9,11-13,21H,4-5,10,14-15H2,1-3H3,(H,25,27)/t21-/m1/s1. The lowest BCUT2D eigenvalue weighted by Crippen LogP contribution is -2.38. The fraction of sp³-hybridized carbons (Fsp3) is 0.375. The minimum absolute atomic E-state index is 0.00569. The van der Waals surface area contributed by atoms with Crippen LogP contribution in [0.25, 0.3) is 10.9 Å². The predicted molar refractivity (Wildman–Crippen MR) is 122 cm³/mol. The van der Waals surface area contributed by atoms with Gasteiger partial charge in [-0.2, -0.15) is 4.31 Å². The Balaban J connectivity index is 1.73. The van der Waals surface area contributed by atoms with E-state index in [2.05, 4.69) is 4.98 Å². The fourth-order valence-corrected chi connectivity index (χ4v) is 5.40. The highest BCUT2D eigenvalue weighted by atomic mass is 32.2. The number of hydrogen-bond acceptors (Lipinski definition) is 4. The second-order valence-electron chi connectivity index (χ2n) is 8.39. The van der Waals surface area contributed by atoms with E-state index in [1.54, 1.807) is 30.3 Å².